The molecule has 0 aliphatic heterocycles. The first kappa shape index (κ1) is 13.6. The number of hydrogen-bond donors (Lipinski definition) is 2. The molecule has 0 atom stereocenters. The molecule has 0 aromatic heterocycles. The van der Waals surface area contributed by atoms with Crippen LogP contribution in [0.1, 0.15) is 30.9 Å². The minimum absolute atomic E-state index is 0.00403. The predicted octanol–water partition coefficient (Wildman–Crippen LogP) is 2.02. The van der Waals surface area contributed by atoms with Crippen LogP contribution in [0.2, 0.25) is 0 Å². The van der Waals surface area contributed by atoms with E-state index in [-0.39, 0.29) is 24.3 Å². The predicted molar refractivity (Wildman–Crippen MR) is 74.9 cm³/mol. The molecule has 0 bridgehead atoms. The van der Waals surface area contributed by atoms with E-state index in [0.29, 0.717) is 0 Å². The number of hydrogen-bond acceptors (Lipinski definition) is 2. The fourth-order valence-electron chi connectivity index (χ4n) is 2.04. The van der Waals surface area contributed by atoms with Crippen LogP contribution in [-0.2, 0) is 16.0 Å². The summed E-state index contributed by atoms with van der Waals surface area (Å²) in [4.78, 5) is 23.3. The van der Waals surface area contributed by atoms with Crippen LogP contribution in [0.25, 0.3) is 0 Å². The van der Waals surface area contributed by atoms with Gasteiger partial charge in [-0.05, 0) is 37.3 Å². The van der Waals surface area contributed by atoms with Gasteiger partial charge in [0.1, 0.15) is 0 Å². The first-order valence-corrected chi connectivity index (χ1v) is 6.78. The van der Waals surface area contributed by atoms with Crippen molar-refractivity contribution in [3.05, 3.63) is 29.3 Å². The summed E-state index contributed by atoms with van der Waals surface area (Å²) >= 11 is 0. The average molecular weight is 260 g/mol. The molecule has 4 heteroatoms. The number of para-hydroxylation sites is 1. The van der Waals surface area contributed by atoms with E-state index in [1.54, 1.807) is 0 Å². The molecular weight excluding hydrogens is 240 g/mol. The van der Waals surface area contributed by atoms with Crippen molar-refractivity contribution in [2.24, 2.45) is 5.92 Å². The molecular formula is C15H20N2O2. The molecule has 2 N–H and O–H groups in total. The topological polar surface area (TPSA) is 58.2 Å². The molecule has 0 spiro atoms. The second kappa shape index (κ2) is 5.87. The molecule has 0 radical (unpaired) electrons. The molecule has 1 aliphatic rings. The smallest absolute Gasteiger partial charge is 0.243 e. The molecule has 19 heavy (non-hydrogen) atoms. The Morgan fingerprint density at radius 3 is 2.68 bits per heavy atom. The lowest BCUT2D eigenvalue weighted by Gasteiger charge is -2.13. The van der Waals surface area contributed by atoms with Crippen molar-refractivity contribution in [3.8, 4) is 0 Å². The first-order valence-electron chi connectivity index (χ1n) is 6.78. The SMILES string of the molecule is CCc1cccc(C)c1NC(=O)CNC(=O)C1CC1. The number of benzene rings is 1. The summed E-state index contributed by atoms with van der Waals surface area (Å²) in [5.74, 6) is -0.0360. The molecule has 2 amide bonds. The Morgan fingerprint density at radius 2 is 2.05 bits per heavy atom. The van der Waals surface area contributed by atoms with Gasteiger partial charge in [-0.25, -0.2) is 0 Å². The highest BCUT2D eigenvalue weighted by Gasteiger charge is 2.29. The van der Waals surface area contributed by atoms with E-state index in [1.807, 2.05) is 25.1 Å². The highest BCUT2D eigenvalue weighted by atomic mass is 16.2. The Bertz CT molecular complexity index is 493. The number of aryl methyl sites for hydroxylation is 2. The maximum absolute atomic E-state index is 11.9. The number of nitrogens with one attached hydrogen (secondary N) is 2. The van der Waals surface area contributed by atoms with Gasteiger partial charge < -0.3 is 10.6 Å². The number of carbonyl (C=O) groups is 2. The quantitative estimate of drug-likeness (QED) is 0.851. The largest absolute Gasteiger partial charge is 0.347 e. The van der Waals surface area contributed by atoms with Crippen LogP contribution in [0.3, 0.4) is 0 Å². The normalized spacial score (nSPS) is 14.0. The van der Waals surface area contributed by atoms with Crippen LogP contribution in [-0.4, -0.2) is 18.4 Å². The highest BCUT2D eigenvalue weighted by molar-refractivity contribution is 5.96. The zero-order valence-electron chi connectivity index (χ0n) is 11.5. The average Bonchev–Trinajstić information content (AvgIpc) is 3.22. The molecule has 1 aromatic rings. The summed E-state index contributed by atoms with van der Waals surface area (Å²) in [5.41, 5.74) is 3.03. The van der Waals surface area contributed by atoms with Crippen molar-refractivity contribution >= 4 is 17.5 Å². The molecule has 0 saturated heterocycles. The van der Waals surface area contributed by atoms with Crippen LogP contribution < -0.4 is 10.6 Å². The molecule has 0 heterocycles. The number of anilines is 1. The van der Waals surface area contributed by atoms with Crippen LogP contribution in [0.15, 0.2) is 18.2 Å². The van der Waals surface area contributed by atoms with E-state index in [1.165, 1.54) is 0 Å². The van der Waals surface area contributed by atoms with Crippen molar-refractivity contribution in [3.63, 3.8) is 0 Å². The van der Waals surface area contributed by atoms with Gasteiger partial charge in [-0.15, -0.1) is 0 Å². The maximum Gasteiger partial charge on any atom is 0.243 e. The zero-order chi connectivity index (χ0) is 13.8. The van der Waals surface area contributed by atoms with Gasteiger partial charge >= 0.3 is 0 Å². The number of amides is 2. The van der Waals surface area contributed by atoms with Crippen molar-refractivity contribution in [2.45, 2.75) is 33.1 Å². The second-order valence-electron chi connectivity index (χ2n) is 5.00. The van der Waals surface area contributed by atoms with Gasteiger partial charge in [-0.1, -0.05) is 25.1 Å². The molecule has 1 saturated carbocycles. The third-order valence-corrected chi connectivity index (χ3v) is 3.38. The Balaban J connectivity index is 1.92. The lowest BCUT2D eigenvalue weighted by molar-refractivity contribution is -0.125. The summed E-state index contributed by atoms with van der Waals surface area (Å²) in [7, 11) is 0. The molecule has 1 fully saturated rings. The number of carbonyl (C=O) groups excluding carboxylic acids is 2. The van der Waals surface area contributed by atoms with Crippen LogP contribution in [0.4, 0.5) is 5.69 Å². The van der Waals surface area contributed by atoms with E-state index in [4.69, 9.17) is 0 Å². The van der Waals surface area contributed by atoms with E-state index < -0.39 is 0 Å². The summed E-state index contributed by atoms with van der Waals surface area (Å²) in [6.45, 7) is 4.07. The maximum atomic E-state index is 11.9. The van der Waals surface area contributed by atoms with E-state index in [9.17, 15) is 9.59 Å². The van der Waals surface area contributed by atoms with Crippen molar-refractivity contribution < 1.29 is 9.59 Å². The van der Waals surface area contributed by atoms with Crippen molar-refractivity contribution in [2.75, 3.05) is 11.9 Å². The first-order chi connectivity index (χ1) is 9.11. The monoisotopic (exact) mass is 260 g/mol. The van der Waals surface area contributed by atoms with Crippen LogP contribution >= 0.6 is 0 Å². The van der Waals surface area contributed by atoms with Crippen molar-refractivity contribution in [1.82, 2.24) is 5.32 Å². The molecule has 1 aliphatic carbocycles. The van der Waals surface area contributed by atoms with E-state index >= 15 is 0 Å². The Kier molecular flexibility index (Phi) is 4.20. The summed E-state index contributed by atoms with van der Waals surface area (Å²) in [6.07, 6.45) is 2.77. The lowest BCUT2D eigenvalue weighted by Crippen LogP contribution is -2.34. The molecule has 2 rings (SSSR count). The van der Waals surface area contributed by atoms with Gasteiger partial charge in [0.2, 0.25) is 11.8 Å². The van der Waals surface area contributed by atoms with Gasteiger partial charge in [-0.3, -0.25) is 9.59 Å². The Hall–Kier alpha value is -1.84. The standard InChI is InChI=1S/C15H20N2O2/c1-3-11-6-4-5-10(2)14(11)17-13(18)9-16-15(19)12-7-8-12/h4-6,12H,3,7-9H2,1-2H3,(H,16,19)(H,17,18). The summed E-state index contributed by atoms with van der Waals surface area (Å²) in [5, 5.41) is 5.56. The number of rotatable bonds is 5. The second-order valence-corrected chi connectivity index (χ2v) is 5.00. The fraction of sp³-hybridized carbons (Fsp3) is 0.467. The summed E-state index contributed by atoms with van der Waals surface area (Å²) < 4.78 is 0. The van der Waals surface area contributed by atoms with Gasteiger partial charge in [0.15, 0.2) is 0 Å². The Morgan fingerprint density at radius 1 is 1.32 bits per heavy atom. The third kappa shape index (κ3) is 3.56. The highest BCUT2D eigenvalue weighted by Crippen LogP contribution is 2.28. The Labute approximate surface area is 113 Å². The lowest BCUT2D eigenvalue weighted by atomic mass is 10.1. The van der Waals surface area contributed by atoms with Gasteiger partial charge in [0.05, 0.1) is 6.54 Å². The fourth-order valence-corrected chi connectivity index (χ4v) is 2.04. The molecule has 102 valence electrons. The van der Waals surface area contributed by atoms with Gasteiger partial charge in [0.25, 0.3) is 0 Å². The van der Waals surface area contributed by atoms with Gasteiger partial charge in [-0.2, -0.15) is 0 Å². The van der Waals surface area contributed by atoms with Crippen LogP contribution in [0.5, 0.6) is 0 Å². The summed E-state index contributed by atoms with van der Waals surface area (Å²) in [6, 6.07) is 5.96. The molecule has 0 unspecified atom stereocenters. The molecule has 1 aromatic carbocycles. The van der Waals surface area contributed by atoms with Crippen LogP contribution in [0, 0.1) is 12.8 Å². The minimum Gasteiger partial charge on any atom is -0.347 e. The van der Waals surface area contributed by atoms with Crippen molar-refractivity contribution in [1.29, 1.82) is 0 Å². The molecule has 4 nitrogen and oxygen atoms in total. The minimum atomic E-state index is -0.169. The third-order valence-electron chi connectivity index (χ3n) is 3.38. The zero-order valence-corrected chi connectivity index (χ0v) is 11.5. The van der Waals surface area contributed by atoms with Gasteiger partial charge in [0, 0.05) is 11.6 Å². The van der Waals surface area contributed by atoms with E-state index in [0.717, 1.165) is 36.1 Å². The van der Waals surface area contributed by atoms with E-state index in [2.05, 4.69) is 17.6 Å².